The zero-order chi connectivity index (χ0) is 20.9. The zero-order valence-electron chi connectivity index (χ0n) is 16.9. The van der Waals surface area contributed by atoms with Crippen LogP contribution < -0.4 is 10.1 Å². The van der Waals surface area contributed by atoms with Gasteiger partial charge in [0, 0.05) is 6.08 Å². The Morgan fingerprint density at radius 2 is 1.90 bits per heavy atom. The Balaban J connectivity index is 1.52. The number of oxazole rings is 1. The maximum atomic E-state index is 12.5. The number of nitrogens with one attached hydrogen (secondary N) is 1. The average molecular weight is 398 g/mol. The molecule has 30 heavy (non-hydrogen) atoms. The molecule has 0 fully saturated rings. The van der Waals surface area contributed by atoms with E-state index in [-0.39, 0.29) is 5.91 Å². The van der Waals surface area contributed by atoms with Crippen molar-refractivity contribution in [2.75, 3.05) is 11.9 Å². The van der Waals surface area contributed by atoms with Crippen molar-refractivity contribution in [1.29, 1.82) is 0 Å². The molecule has 1 amide bonds. The maximum absolute atomic E-state index is 12.5. The van der Waals surface area contributed by atoms with Crippen molar-refractivity contribution in [3.8, 4) is 17.2 Å². The van der Waals surface area contributed by atoms with Crippen LogP contribution >= 0.6 is 0 Å². The van der Waals surface area contributed by atoms with E-state index in [1.54, 1.807) is 6.08 Å². The number of ether oxygens (including phenoxy) is 1. The lowest BCUT2D eigenvalue weighted by molar-refractivity contribution is -0.111. The van der Waals surface area contributed by atoms with E-state index >= 15 is 0 Å². The highest BCUT2D eigenvalue weighted by Gasteiger charge is 2.13. The number of aromatic nitrogens is 1. The summed E-state index contributed by atoms with van der Waals surface area (Å²) in [5.41, 5.74) is 4.91. The number of nitrogens with zero attached hydrogens (tertiary/aromatic N) is 1. The van der Waals surface area contributed by atoms with Crippen molar-refractivity contribution in [3.63, 3.8) is 0 Å². The second kappa shape index (κ2) is 8.66. The SMILES string of the molecule is CCOc1ccc(C=CC(=O)Nc2ccccc2-c2nc3cc(C)ccc3o2)cc1. The molecular weight excluding hydrogens is 376 g/mol. The third kappa shape index (κ3) is 4.41. The van der Waals surface area contributed by atoms with Crippen molar-refractivity contribution in [1.82, 2.24) is 4.98 Å². The van der Waals surface area contributed by atoms with Gasteiger partial charge in [-0.3, -0.25) is 4.79 Å². The van der Waals surface area contributed by atoms with Gasteiger partial charge in [0.15, 0.2) is 5.58 Å². The Kier molecular flexibility index (Phi) is 5.61. The first kappa shape index (κ1) is 19.5. The molecule has 150 valence electrons. The van der Waals surface area contributed by atoms with Crippen LogP contribution in [0.15, 0.2) is 77.2 Å². The maximum Gasteiger partial charge on any atom is 0.248 e. The molecule has 0 unspecified atom stereocenters. The minimum Gasteiger partial charge on any atom is -0.494 e. The van der Waals surface area contributed by atoms with Crippen LogP contribution in [-0.4, -0.2) is 17.5 Å². The molecule has 0 saturated carbocycles. The quantitative estimate of drug-likeness (QED) is 0.414. The summed E-state index contributed by atoms with van der Waals surface area (Å²) in [5, 5.41) is 2.92. The van der Waals surface area contributed by atoms with Crippen LogP contribution in [0.3, 0.4) is 0 Å². The third-order valence-corrected chi connectivity index (χ3v) is 4.58. The Bertz CT molecular complexity index is 1210. The Hall–Kier alpha value is -3.86. The highest BCUT2D eigenvalue weighted by molar-refractivity contribution is 6.04. The highest BCUT2D eigenvalue weighted by atomic mass is 16.5. The molecule has 0 aliphatic heterocycles. The zero-order valence-corrected chi connectivity index (χ0v) is 16.9. The number of para-hydroxylation sites is 1. The predicted molar refractivity (Wildman–Crippen MR) is 119 cm³/mol. The largest absolute Gasteiger partial charge is 0.494 e. The van der Waals surface area contributed by atoms with Gasteiger partial charge in [0.05, 0.1) is 17.9 Å². The van der Waals surface area contributed by atoms with Gasteiger partial charge in [0.25, 0.3) is 0 Å². The predicted octanol–water partition coefficient (Wildman–Crippen LogP) is 5.85. The number of anilines is 1. The van der Waals surface area contributed by atoms with Crippen LogP contribution in [0.4, 0.5) is 5.69 Å². The van der Waals surface area contributed by atoms with E-state index in [0.717, 1.165) is 28.0 Å². The van der Waals surface area contributed by atoms with Gasteiger partial charge in [0.2, 0.25) is 11.8 Å². The monoisotopic (exact) mass is 398 g/mol. The van der Waals surface area contributed by atoms with Gasteiger partial charge >= 0.3 is 0 Å². The van der Waals surface area contributed by atoms with Gasteiger partial charge in [-0.25, -0.2) is 4.98 Å². The summed E-state index contributed by atoms with van der Waals surface area (Å²) >= 11 is 0. The smallest absolute Gasteiger partial charge is 0.248 e. The van der Waals surface area contributed by atoms with Crippen molar-refractivity contribution < 1.29 is 13.9 Å². The van der Waals surface area contributed by atoms with Gasteiger partial charge in [-0.2, -0.15) is 0 Å². The number of aryl methyl sites for hydroxylation is 1. The first-order valence-electron chi connectivity index (χ1n) is 9.81. The van der Waals surface area contributed by atoms with Crippen LogP contribution in [0.1, 0.15) is 18.1 Å². The van der Waals surface area contributed by atoms with Crippen molar-refractivity contribution >= 4 is 28.8 Å². The molecule has 4 rings (SSSR count). The van der Waals surface area contributed by atoms with Gasteiger partial charge in [0.1, 0.15) is 11.3 Å². The van der Waals surface area contributed by atoms with Crippen molar-refractivity contribution in [2.24, 2.45) is 0 Å². The number of carbonyl (C=O) groups is 1. The molecular formula is C25H22N2O3. The van der Waals surface area contributed by atoms with Crippen LogP contribution in [0.5, 0.6) is 5.75 Å². The Morgan fingerprint density at radius 3 is 2.70 bits per heavy atom. The number of hydrogen-bond acceptors (Lipinski definition) is 4. The van der Waals surface area contributed by atoms with E-state index in [9.17, 15) is 4.79 Å². The lowest BCUT2D eigenvalue weighted by atomic mass is 10.1. The second-order valence-corrected chi connectivity index (χ2v) is 6.86. The molecule has 0 aliphatic rings. The summed E-state index contributed by atoms with van der Waals surface area (Å²) in [5.74, 6) is 1.05. The van der Waals surface area contributed by atoms with E-state index in [1.165, 1.54) is 6.08 Å². The van der Waals surface area contributed by atoms with Crippen LogP contribution in [-0.2, 0) is 4.79 Å². The molecule has 0 bridgehead atoms. The number of carbonyl (C=O) groups excluding carboxylic acids is 1. The molecule has 3 aromatic carbocycles. The second-order valence-electron chi connectivity index (χ2n) is 6.86. The van der Waals surface area contributed by atoms with Crippen LogP contribution in [0, 0.1) is 6.92 Å². The molecule has 4 aromatic rings. The van der Waals surface area contributed by atoms with Gasteiger partial charge in [-0.1, -0.05) is 30.3 Å². The Morgan fingerprint density at radius 1 is 1.10 bits per heavy atom. The fourth-order valence-corrected chi connectivity index (χ4v) is 3.12. The molecule has 0 saturated heterocycles. The number of rotatable bonds is 6. The third-order valence-electron chi connectivity index (χ3n) is 4.58. The normalized spacial score (nSPS) is 11.1. The molecule has 0 aliphatic carbocycles. The van der Waals surface area contributed by atoms with Gasteiger partial charge < -0.3 is 14.5 Å². The van der Waals surface area contributed by atoms with E-state index in [0.29, 0.717) is 23.8 Å². The molecule has 1 aromatic heterocycles. The molecule has 5 heteroatoms. The molecule has 0 spiro atoms. The molecule has 5 nitrogen and oxygen atoms in total. The topological polar surface area (TPSA) is 64.4 Å². The summed E-state index contributed by atoms with van der Waals surface area (Å²) in [6.07, 6.45) is 3.26. The first-order chi connectivity index (χ1) is 14.6. The van der Waals surface area contributed by atoms with E-state index in [4.69, 9.17) is 9.15 Å². The number of benzene rings is 3. The van der Waals surface area contributed by atoms with Crippen molar-refractivity contribution in [2.45, 2.75) is 13.8 Å². The van der Waals surface area contributed by atoms with E-state index < -0.39 is 0 Å². The summed E-state index contributed by atoms with van der Waals surface area (Å²) < 4.78 is 11.3. The number of hydrogen-bond donors (Lipinski definition) is 1. The molecule has 0 atom stereocenters. The number of amides is 1. The number of fused-ring (bicyclic) bond motifs is 1. The highest BCUT2D eigenvalue weighted by Crippen LogP contribution is 2.30. The van der Waals surface area contributed by atoms with Crippen molar-refractivity contribution in [3.05, 3.63) is 83.9 Å². The van der Waals surface area contributed by atoms with E-state index in [2.05, 4.69) is 10.3 Å². The summed E-state index contributed by atoms with van der Waals surface area (Å²) in [6, 6.07) is 20.9. The molecule has 1 heterocycles. The minimum atomic E-state index is -0.233. The fourth-order valence-electron chi connectivity index (χ4n) is 3.12. The Labute approximate surface area is 175 Å². The van der Waals surface area contributed by atoms with Crippen LogP contribution in [0.25, 0.3) is 28.6 Å². The summed E-state index contributed by atoms with van der Waals surface area (Å²) in [4.78, 5) is 17.1. The van der Waals surface area contributed by atoms with Gasteiger partial charge in [-0.05, 0) is 67.4 Å². The summed E-state index contributed by atoms with van der Waals surface area (Å²) in [7, 11) is 0. The minimum absolute atomic E-state index is 0.233. The van der Waals surface area contributed by atoms with Crippen LogP contribution in [0.2, 0.25) is 0 Å². The first-order valence-corrected chi connectivity index (χ1v) is 9.81. The summed E-state index contributed by atoms with van der Waals surface area (Å²) in [6.45, 7) is 4.58. The lowest BCUT2D eigenvalue weighted by Crippen LogP contribution is -2.08. The standard InChI is InChI=1S/C25H22N2O3/c1-3-29-19-12-9-18(10-13-19)11-15-24(28)26-21-7-5-4-6-20(21)25-27-22-16-17(2)8-14-23(22)30-25/h4-16H,3H2,1-2H3,(H,26,28). The molecule has 0 radical (unpaired) electrons. The molecule has 1 N–H and O–H groups in total. The van der Waals surface area contributed by atoms with Gasteiger partial charge in [-0.15, -0.1) is 0 Å². The fraction of sp³-hybridized carbons (Fsp3) is 0.120. The lowest BCUT2D eigenvalue weighted by Gasteiger charge is -2.07. The average Bonchev–Trinajstić information content (AvgIpc) is 3.17. The van der Waals surface area contributed by atoms with E-state index in [1.807, 2.05) is 80.6 Å².